The van der Waals surface area contributed by atoms with Crippen LogP contribution in [0.3, 0.4) is 0 Å². The first-order chi connectivity index (χ1) is 9.31. The Morgan fingerprint density at radius 2 is 1.40 bits per heavy atom. The fourth-order valence-corrected chi connectivity index (χ4v) is 3.71. The van der Waals surface area contributed by atoms with Gasteiger partial charge in [0, 0.05) is 11.1 Å². The molecule has 0 N–H and O–H groups in total. The number of hydroxylamine groups is 2. The molecule has 0 atom stereocenters. The molecule has 1 saturated heterocycles. The molecule has 4 heteroatoms. The lowest BCUT2D eigenvalue weighted by atomic mass is 9.79. The summed E-state index contributed by atoms with van der Waals surface area (Å²) < 4.78 is 0. The van der Waals surface area contributed by atoms with Crippen LogP contribution in [0.25, 0.3) is 0 Å². The SMILES string of the molecule is CC1(C)CC(N=C=NC2CCCCC2)CC(C)(C)N1[O]. The highest BCUT2D eigenvalue weighted by Gasteiger charge is 2.46. The fraction of sp³-hybridized carbons (Fsp3) is 0.938. The molecule has 0 bridgehead atoms. The number of piperidine rings is 1. The summed E-state index contributed by atoms with van der Waals surface area (Å²) in [5, 5.41) is 13.5. The van der Waals surface area contributed by atoms with Crippen LogP contribution in [-0.2, 0) is 5.21 Å². The molecule has 0 aromatic carbocycles. The molecule has 4 nitrogen and oxygen atoms in total. The summed E-state index contributed by atoms with van der Waals surface area (Å²) in [4.78, 5) is 9.00. The van der Waals surface area contributed by atoms with E-state index in [1.54, 1.807) is 0 Å². The third kappa shape index (κ3) is 3.69. The number of hydrogen-bond donors (Lipinski definition) is 0. The van der Waals surface area contributed by atoms with Crippen LogP contribution >= 0.6 is 0 Å². The second kappa shape index (κ2) is 5.97. The van der Waals surface area contributed by atoms with E-state index in [-0.39, 0.29) is 17.1 Å². The molecule has 20 heavy (non-hydrogen) atoms. The highest BCUT2D eigenvalue weighted by atomic mass is 16.5. The van der Waals surface area contributed by atoms with Gasteiger partial charge in [-0.3, -0.25) is 0 Å². The van der Waals surface area contributed by atoms with E-state index in [2.05, 4.69) is 16.0 Å². The Bertz CT molecular complexity index is 373. The fourth-order valence-electron chi connectivity index (χ4n) is 3.71. The van der Waals surface area contributed by atoms with Gasteiger partial charge in [-0.2, -0.15) is 0 Å². The molecule has 0 aromatic heterocycles. The Labute approximate surface area is 123 Å². The summed E-state index contributed by atoms with van der Waals surface area (Å²) in [6.07, 6.45) is 7.83. The quantitative estimate of drug-likeness (QED) is 0.707. The van der Waals surface area contributed by atoms with Crippen LogP contribution in [0.2, 0.25) is 0 Å². The van der Waals surface area contributed by atoms with E-state index in [1.807, 2.05) is 27.7 Å². The molecule has 0 spiro atoms. The lowest BCUT2D eigenvalue weighted by Crippen LogP contribution is -2.59. The van der Waals surface area contributed by atoms with Crippen molar-refractivity contribution in [1.82, 2.24) is 5.06 Å². The van der Waals surface area contributed by atoms with Crippen molar-refractivity contribution in [3.8, 4) is 0 Å². The number of hydrogen-bond acceptors (Lipinski definition) is 3. The van der Waals surface area contributed by atoms with Crippen molar-refractivity contribution < 1.29 is 5.21 Å². The minimum atomic E-state index is -0.359. The van der Waals surface area contributed by atoms with Crippen LogP contribution < -0.4 is 0 Å². The van der Waals surface area contributed by atoms with Gasteiger partial charge >= 0.3 is 0 Å². The molecule has 113 valence electrons. The summed E-state index contributed by atoms with van der Waals surface area (Å²) in [6.45, 7) is 8.01. The predicted octanol–water partition coefficient (Wildman–Crippen LogP) is 3.86. The molecule has 0 amide bonds. The summed E-state index contributed by atoms with van der Waals surface area (Å²) in [5.74, 6) is 0. The number of nitrogens with zero attached hydrogens (tertiary/aromatic N) is 3. The third-order valence-electron chi connectivity index (χ3n) is 4.63. The average molecular weight is 278 g/mol. The van der Waals surface area contributed by atoms with Gasteiger partial charge in [0.1, 0.15) is 0 Å². The summed E-state index contributed by atoms with van der Waals surface area (Å²) in [5.41, 5.74) is -0.717. The first-order valence-corrected chi connectivity index (χ1v) is 7.93. The third-order valence-corrected chi connectivity index (χ3v) is 4.63. The molecule has 0 unspecified atom stereocenters. The zero-order valence-corrected chi connectivity index (χ0v) is 13.4. The maximum Gasteiger partial charge on any atom is 0.0898 e. The van der Waals surface area contributed by atoms with Crippen molar-refractivity contribution >= 4 is 6.01 Å². The molecule has 2 aliphatic rings. The Morgan fingerprint density at radius 1 is 0.900 bits per heavy atom. The molecule has 1 aliphatic heterocycles. The van der Waals surface area contributed by atoms with E-state index in [9.17, 15) is 5.21 Å². The monoisotopic (exact) mass is 278 g/mol. The van der Waals surface area contributed by atoms with Crippen molar-refractivity contribution in [1.29, 1.82) is 0 Å². The van der Waals surface area contributed by atoms with E-state index in [0.717, 1.165) is 12.8 Å². The van der Waals surface area contributed by atoms with Gasteiger partial charge in [0.25, 0.3) is 0 Å². The molecular weight excluding hydrogens is 250 g/mol. The Balaban J connectivity index is 2.00. The molecule has 0 aromatic rings. The number of rotatable bonds is 2. The Kier molecular flexibility index (Phi) is 4.68. The second-order valence-corrected chi connectivity index (χ2v) is 7.63. The van der Waals surface area contributed by atoms with Gasteiger partial charge in [-0.15, -0.1) is 10.3 Å². The van der Waals surface area contributed by atoms with Gasteiger partial charge in [-0.05, 0) is 53.4 Å². The molecule has 2 rings (SSSR count). The lowest BCUT2D eigenvalue weighted by molar-refractivity contribution is -0.288. The van der Waals surface area contributed by atoms with Crippen LogP contribution in [0.15, 0.2) is 9.98 Å². The molecule has 1 radical (unpaired) electrons. The smallest absolute Gasteiger partial charge is 0.0898 e. The van der Waals surface area contributed by atoms with Crippen LogP contribution in [0, 0.1) is 0 Å². The lowest BCUT2D eigenvalue weighted by Gasteiger charge is -2.48. The van der Waals surface area contributed by atoms with Crippen molar-refractivity contribution in [2.45, 2.75) is 95.8 Å². The topological polar surface area (TPSA) is 47.9 Å². The predicted molar refractivity (Wildman–Crippen MR) is 80.4 cm³/mol. The molecule has 2 fully saturated rings. The standard InChI is InChI=1S/C16H28N3O/c1-15(2)10-14(11-16(3,4)19(15)20)18-12-17-13-8-6-5-7-9-13/h13-14H,5-11H2,1-4H3. The van der Waals surface area contributed by atoms with Crippen molar-refractivity contribution in [2.24, 2.45) is 9.98 Å². The maximum atomic E-state index is 12.3. The van der Waals surface area contributed by atoms with Gasteiger partial charge in [0.05, 0.1) is 18.1 Å². The van der Waals surface area contributed by atoms with Crippen molar-refractivity contribution in [3.63, 3.8) is 0 Å². The Hall–Kier alpha value is -0.700. The highest BCUT2D eigenvalue weighted by molar-refractivity contribution is 5.42. The first-order valence-electron chi connectivity index (χ1n) is 7.93. The minimum absolute atomic E-state index is 0.164. The summed E-state index contributed by atoms with van der Waals surface area (Å²) >= 11 is 0. The summed E-state index contributed by atoms with van der Waals surface area (Å²) in [6, 6.07) is 3.53. The van der Waals surface area contributed by atoms with Crippen LogP contribution in [0.1, 0.15) is 72.6 Å². The van der Waals surface area contributed by atoms with Gasteiger partial charge < -0.3 is 0 Å². The largest absolute Gasteiger partial charge is 0.222 e. The van der Waals surface area contributed by atoms with E-state index < -0.39 is 0 Å². The normalized spacial score (nSPS) is 27.9. The average Bonchev–Trinajstić information content (AvgIpc) is 2.36. The van der Waals surface area contributed by atoms with Crippen molar-refractivity contribution in [2.75, 3.05) is 0 Å². The Morgan fingerprint density at radius 3 is 1.95 bits per heavy atom. The van der Waals surface area contributed by atoms with E-state index >= 15 is 0 Å². The molecule has 1 saturated carbocycles. The van der Waals surface area contributed by atoms with E-state index in [0.29, 0.717) is 6.04 Å². The van der Waals surface area contributed by atoms with E-state index in [4.69, 9.17) is 0 Å². The molecule has 1 aliphatic carbocycles. The summed E-state index contributed by atoms with van der Waals surface area (Å²) in [7, 11) is 0. The van der Waals surface area contributed by atoms with Crippen LogP contribution in [0.4, 0.5) is 0 Å². The molecule has 1 heterocycles. The van der Waals surface area contributed by atoms with Crippen molar-refractivity contribution in [3.05, 3.63) is 0 Å². The first kappa shape index (κ1) is 15.7. The van der Waals surface area contributed by atoms with Gasteiger partial charge in [0.2, 0.25) is 0 Å². The number of aliphatic imine (C=N–C) groups is 2. The van der Waals surface area contributed by atoms with Gasteiger partial charge in [-0.1, -0.05) is 19.3 Å². The second-order valence-electron chi connectivity index (χ2n) is 7.63. The van der Waals surface area contributed by atoms with Gasteiger partial charge in [0.15, 0.2) is 0 Å². The van der Waals surface area contributed by atoms with E-state index in [1.165, 1.54) is 37.2 Å². The van der Waals surface area contributed by atoms with Crippen LogP contribution in [-0.4, -0.2) is 34.2 Å². The zero-order valence-electron chi connectivity index (χ0n) is 13.4. The maximum absolute atomic E-state index is 12.3. The highest BCUT2D eigenvalue weighted by Crippen LogP contribution is 2.38. The van der Waals surface area contributed by atoms with Gasteiger partial charge in [-0.25, -0.2) is 9.98 Å². The minimum Gasteiger partial charge on any atom is -0.222 e. The zero-order chi connectivity index (χ0) is 14.8. The van der Waals surface area contributed by atoms with Crippen LogP contribution in [0.5, 0.6) is 0 Å². The molecular formula is C16H28N3O.